The summed E-state index contributed by atoms with van der Waals surface area (Å²) in [4.78, 5) is 26.7. The Bertz CT molecular complexity index is 902. The predicted molar refractivity (Wildman–Crippen MR) is 100 cm³/mol. The first-order chi connectivity index (χ1) is 12.5. The van der Waals surface area contributed by atoms with Crippen molar-refractivity contribution < 1.29 is 9.72 Å². The fourth-order valence-corrected chi connectivity index (χ4v) is 3.36. The fourth-order valence-electron chi connectivity index (χ4n) is 2.96. The lowest BCUT2D eigenvalue weighted by Crippen LogP contribution is -2.49. The van der Waals surface area contributed by atoms with Crippen molar-refractivity contribution in [1.82, 2.24) is 4.90 Å². The van der Waals surface area contributed by atoms with Gasteiger partial charge < -0.3 is 9.80 Å². The van der Waals surface area contributed by atoms with Gasteiger partial charge in [0.25, 0.3) is 11.6 Å². The number of carbonyl (C=O) groups is 1. The van der Waals surface area contributed by atoms with Crippen LogP contribution in [-0.2, 0) is 0 Å². The molecule has 0 spiro atoms. The van der Waals surface area contributed by atoms with Crippen molar-refractivity contribution in [3.05, 3.63) is 68.2 Å². The van der Waals surface area contributed by atoms with E-state index in [-0.39, 0.29) is 17.2 Å². The number of hydrogen-bond acceptors (Lipinski definition) is 5. The number of piperazine rings is 1. The molecule has 2 aromatic carbocycles. The van der Waals surface area contributed by atoms with Crippen LogP contribution in [0, 0.1) is 21.4 Å². The smallest absolute Gasteiger partial charge is 0.270 e. The number of non-ortho nitro benzene ring substituents is 1. The van der Waals surface area contributed by atoms with E-state index in [1.54, 1.807) is 23.1 Å². The van der Waals surface area contributed by atoms with Crippen molar-refractivity contribution in [1.29, 1.82) is 5.26 Å². The maximum Gasteiger partial charge on any atom is 0.270 e. The lowest BCUT2D eigenvalue weighted by Gasteiger charge is -2.36. The molecule has 0 aliphatic carbocycles. The molecule has 26 heavy (non-hydrogen) atoms. The topological polar surface area (TPSA) is 90.5 Å². The van der Waals surface area contributed by atoms with Crippen LogP contribution in [0.1, 0.15) is 15.9 Å². The molecule has 1 saturated heterocycles. The minimum absolute atomic E-state index is 0.0323. The zero-order chi connectivity index (χ0) is 18.7. The number of benzene rings is 2. The molecule has 0 radical (unpaired) electrons. The van der Waals surface area contributed by atoms with Crippen LogP contribution < -0.4 is 4.90 Å². The lowest BCUT2D eigenvalue weighted by atomic mass is 10.1. The molecule has 1 amide bonds. The maximum atomic E-state index is 12.6. The molecule has 0 atom stereocenters. The molecule has 8 heteroatoms. The summed E-state index contributed by atoms with van der Waals surface area (Å²) in [5.74, 6) is -0.0323. The average Bonchev–Trinajstić information content (AvgIpc) is 2.67. The van der Waals surface area contributed by atoms with Crippen molar-refractivity contribution in [2.24, 2.45) is 0 Å². The van der Waals surface area contributed by atoms with Crippen LogP contribution in [0.25, 0.3) is 0 Å². The Kier molecular flexibility index (Phi) is 5.19. The summed E-state index contributed by atoms with van der Waals surface area (Å²) in [5.41, 5.74) is 1.45. The third-order valence-electron chi connectivity index (χ3n) is 4.29. The van der Waals surface area contributed by atoms with E-state index in [2.05, 4.69) is 15.9 Å². The van der Waals surface area contributed by atoms with E-state index in [1.807, 2.05) is 23.1 Å². The monoisotopic (exact) mass is 414 g/mol. The van der Waals surface area contributed by atoms with Crippen molar-refractivity contribution in [3.8, 4) is 6.07 Å². The fraction of sp³-hybridized carbons (Fsp3) is 0.222. The Morgan fingerprint density at radius 3 is 2.50 bits per heavy atom. The quantitative estimate of drug-likeness (QED) is 0.567. The van der Waals surface area contributed by atoms with Crippen molar-refractivity contribution in [3.63, 3.8) is 0 Å². The molecular formula is C18H15BrN4O3. The van der Waals surface area contributed by atoms with Gasteiger partial charge >= 0.3 is 0 Å². The summed E-state index contributed by atoms with van der Waals surface area (Å²) in [7, 11) is 0. The standard InChI is InChI=1S/C18H15BrN4O3/c19-15-3-1-2-13(10-15)18(24)22-8-6-21(7-9-22)17-5-4-16(23(25)26)11-14(17)12-20/h1-5,10-11H,6-9H2. The lowest BCUT2D eigenvalue weighted by molar-refractivity contribution is -0.384. The zero-order valence-corrected chi connectivity index (χ0v) is 15.3. The van der Waals surface area contributed by atoms with Crippen LogP contribution in [0.15, 0.2) is 46.9 Å². The number of nitro groups is 1. The number of nitrogens with zero attached hydrogens (tertiary/aromatic N) is 4. The molecule has 2 aromatic rings. The highest BCUT2D eigenvalue weighted by atomic mass is 79.9. The summed E-state index contributed by atoms with van der Waals surface area (Å²) in [6.45, 7) is 2.17. The Hall–Kier alpha value is -2.92. The van der Waals surface area contributed by atoms with Gasteiger partial charge in [-0.2, -0.15) is 5.26 Å². The van der Waals surface area contributed by atoms with Gasteiger partial charge in [0.05, 0.1) is 16.2 Å². The van der Waals surface area contributed by atoms with E-state index in [0.29, 0.717) is 37.4 Å². The SMILES string of the molecule is N#Cc1cc([N+](=O)[O-])ccc1N1CCN(C(=O)c2cccc(Br)c2)CC1. The number of anilines is 1. The first kappa shape index (κ1) is 17.9. The summed E-state index contributed by atoms with van der Waals surface area (Å²) < 4.78 is 0.853. The summed E-state index contributed by atoms with van der Waals surface area (Å²) in [6.07, 6.45) is 0. The number of rotatable bonds is 3. The third kappa shape index (κ3) is 3.68. The number of hydrogen-bond donors (Lipinski definition) is 0. The van der Waals surface area contributed by atoms with Crippen molar-refractivity contribution in [2.45, 2.75) is 0 Å². The average molecular weight is 415 g/mol. The van der Waals surface area contributed by atoms with Gasteiger partial charge in [0, 0.05) is 48.3 Å². The molecule has 0 unspecified atom stereocenters. The largest absolute Gasteiger partial charge is 0.367 e. The molecule has 0 bridgehead atoms. The summed E-state index contributed by atoms with van der Waals surface area (Å²) in [6, 6.07) is 13.6. The van der Waals surface area contributed by atoms with E-state index >= 15 is 0 Å². The minimum atomic E-state index is -0.515. The van der Waals surface area contributed by atoms with E-state index in [1.165, 1.54) is 12.1 Å². The van der Waals surface area contributed by atoms with E-state index < -0.39 is 4.92 Å². The van der Waals surface area contributed by atoms with Gasteiger partial charge in [0.15, 0.2) is 0 Å². The van der Waals surface area contributed by atoms with Crippen molar-refractivity contribution >= 4 is 33.2 Å². The van der Waals surface area contributed by atoms with Crippen LogP contribution in [-0.4, -0.2) is 41.9 Å². The van der Waals surface area contributed by atoms with E-state index in [4.69, 9.17) is 0 Å². The molecule has 1 fully saturated rings. The van der Waals surface area contributed by atoms with Gasteiger partial charge in [0.2, 0.25) is 0 Å². The number of halogens is 1. The van der Waals surface area contributed by atoms with Gasteiger partial charge in [-0.15, -0.1) is 0 Å². The highest BCUT2D eigenvalue weighted by Gasteiger charge is 2.24. The molecule has 7 nitrogen and oxygen atoms in total. The highest BCUT2D eigenvalue weighted by molar-refractivity contribution is 9.10. The Labute approximate surface area is 158 Å². The normalized spacial score (nSPS) is 14.0. The molecule has 0 N–H and O–H groups in total. The Balaban J connectivity index is 1.72. The second-order valence-corrected chi connectivity index (χ2v) is 6.78. The Morgan fingerprint density at radius 1 is 1.15 bits per heavy atom. The van der Waals surface area contributed by atoms with Gasteiger partial charge in [-0.3, -0.25) is 14.9 Å². The van der Waals surface area contributed by atoms with Crippen LogP contribution >= 0.6 is 15.9 Å². The number of carbonyl (C=O) groups excluding carboxylic acids is 1. The predicted octanol–water partition coefficient (Wildman–Crippen LogP) is 3.19. The van der Waals surface area contributed by atoms with Gasteiger partial charge in [-0.25, -0.2) is 0 Å². The maximum absolute atomic E-state index is 12.6. The number of nitro benzene ring substituents is 1. The van der Waals surface area contributed by atoms with Gasteiger partial charge in [-0.05, 0) is 24.3 Å². The number of nitriles is 1. The van der Waals surface area contributed by atoms with E-state index in [0.717, 1.165) is 4.47 Å². The Morgan fingerprint density at radius 2 is 1.88 bits per heavy atom. The third-order valence-corrected chi connectivity index (χ3v) is 4.78. The second-order valence-electron chi connectivity index (χ2n) is 5.86. The zero-order valence-electron chi connectivity index (χ0n) is 13.8. The molecule has 0 saturated carbocycles. The molecular weight excluding hydrogens is 400 g/mol. The molecule has 3 rings (SSSR count). The highest BCUT2D eigenvalue weighted by Crippen LogP contribution is 2.26. The van der Waals surface area contributed by atoms with Crippen LogP contribution in [0.2, 0.25) is 0 Å². The van der Waals surface area contributed by atoms with Gasteiger partial charge in [0.1, 0.15) is 6.07 Å². The summed E-state index contributed by atoms with van der Waals surface area (Å²) >= 11 is 3.37. The molecule has 1 aliphatic heterocycles. The first-order valence-corrected chi connectivity index (χ1v) is 8.77. The second kappa shape index (κ2) is 7.54. The molecule has 0 aromatic heterocycles. The minimum Gasteiger partial charge on any atom is -0.367 e. The summed E-state index contributed by atoms with van der Waals surface area (Å²) in [5, 5.41) is 20.2. The van der Waals surface area contributed by atoms with E-state index in [9.17, 15) is 20.2 Å². The van der Waals surface area contributed by atoms with Crippen LogP contribution in [0.4, 0.5) is 11.4 Å². The molecule has 1 aliphatic rings. The van der Waals surface area contributed by atoms with Crippen molar-refractivity contribution in [2.75, 3.05) is 31.1 Å². The van der Waals surface area contributed by atoms with Crippen LogP contribution in [0.5, 0.6) is 0 Å². The molecule has 1 heterocycles. The van der Waals surface area contributed by atoms with Gasteiger partial charge in [-0.1, -0.05) is 22.0 Å². The number of amides is 1. The first-order valence-electron chi connectivity index (χ1n) is 7.98. The molecule has 132 valence electrons. The van der Waals surface area contributed by atoms with Crippen LogP contribution in [0.3, 0.4) is 0 Å².